The molecular weight excluding hydrogens is 224 g/mol. The van der Waals surface area contributed by atoms with Gasteiger partial charge >= 0.3 is 0 Å². The molecule has 0 saturated carbocycles. The number of ether oxygens (including phenoxy) is 1. The Morgan fingerprint density at radius 2 is 1.78 bits per heavy atom. The maximum Gasteiger partial charge on any atom is 0.0678 e. The second kappa shape index (κ2) is 6.88. The molecule has 0 aliphatic carbocycles. The van der Waals surface area contributed by atoms with Gasteiger partial charge in [0, 0.05) is 25.2 Å². The molecule has 0 spiro atoms. The maximum absolute atomic E-state index is 5.81. The predicted molar refractivity (Wildman–Crippen MR) is 78.0 cm³/mol. The van der Waals surface area contributed by atoms with Crippen LogP contribution >= 0.6 is 0 Å². The lowest BCUT2D eigenvalue weighted by atomic mass is 10.00. The van der Waals surface area contributed by atoms with Gasteiger partial charge < -0.3 is 10.1 Å². The van der Waals surface area contributed by atoms with E-state index in [1.807, 2.05) is 0 Å². The van der Waals surface area contributed by atoms with Gasteiger partial charge in [0.2, 0.25) is 0 Å². The van der Waals surface area contributed by atoms with Crippen LogP contribution < -0.4 is 5.32 Å². The molecule has 3 nitrogen and oxygen atoms in total. The molecule has 2 unspecified atom stereocenters. The Kier molecular flexibility index (Phi) is 6.09. The molecule has 1 heterocycles. The third kappa shape index (κ3) is 5.25. The van der Waals surface area contributed by atoms with Gasteiger partial charge in [-0.25, -0.2) is 0 Å². The number of rotatable bonds is 6. The van der Waals surface area contributed by atoms with Gasteiger partial charge in [0.1, 0.15) is 0 Å². The Morgan fingerprint density at radius 3 is 2.28 bits per heavy atom. The largest absolute Gasteiger partial charge is 0.373 e. The quantitative estimate of drug-likeness (QED) is 0.739. The third-order valence-corrected chi connectivity index (χ3v) is 3.73. The third-order valence-electron chi connectivity index (χ3n) is 3.73. The lowest BCUT2D eigenvalue weighted by molar-refractivity contribution is -0.0952. The number of nitrogens with zero attached hydrogens (tertiary/aromatic N) is 1. The van der Waals surface area contributed by atoms with Gasteiger partial charge in [-0.3, -0.25) is 4.90 Å². The normalized spacial score (nSPS) is 26.8. The van der Waals surface area contributed by atoms with Crippen LogP contribution in [0.5, 0.6) is 0 Å². The van der Waals surface area contributed by atoms with Gasteiger partial charge in [0.15, 0.2) is 0 Å². The van der Waals surface area contributed by atoms with Crippen LogP contribution in [0.4, 0.5) is 0 Å². The smallest absolute Gasteiger partial charge is 0.0678 e. The van der Waals surface area contributed by atoms with Crippen molar-refractivity contribution in [3.8, 4) is 0 Å². The number of morpholine rings is 1. The van der Waals surface area contributed by atoms with E-state index in [0.717, 1.165) is 32.1 Å². The van der Waals surface area contributed by atoms with Crippen LogP contribution in [0, 0.1) is 5.92 Å². The topological polar surface area (TPSA) is 24.5 Å². The van der Waals surface area contributed by atoms with Crippen LogP contribution in [-0.2, 0) is 4.74 Å². The second-order valence-electron chi connectivity index (χ2n) is 6.83. The fraction of sp³-hybridized carbons (Fsp3) is 1.00. The fourth-order valence-corrected chi connectivity index (χ4v) is 2.57. The molecule has 1 N–H and O–H groups in total. The average Bonchev–Trinajstić information content (AvgIpc) is 2.23. The van der Waals surface area contributed by atoms with E-state index in [2.05, 4.69) is 51.8 Å². The first-order valence-corrected chi connectivity index (χ1v) is 7.42. The van der Waals surface area contributed by atoms with E-state index in [4.69, 9.17) is 4.74 Å². The Bertz CT molecular complexity index is 231. The molecule has 1 aliphatic rings. The second-order valence-corrected chi connectivity index (χ2v) is 6.83. The summed E-state index contributed by atoms with van der Waals surface area (Å²) in [6.07, 6.45) is 1.96. The van der Waals surface area contributed by atoms with Crippen molar-refractivity contribution >= 4 is 0 Å². The highest BCUT2D eigenvalue weighted by molar-refractivity contribution is 4.88. The first-order chi connectivity index (χ1) is 8.31. The van der Waals surface area contributed by atoms with E-state index in [1.54, 1.807) is 0 Å². The molecule has 0 bridgehead atoms. The molecule has 0 aromatic rings. The van der Waals surface area contributed by atoms with Crippen LogP contribution in [-0.4, -0.2) is 48.8 Å². The van der Waals surface area contributed by atoms with E-state index in [1.165, 1.54) is 6.42 Å². The molecule has 0 amide bonds. The number of nitrogens with one attached hydrogen (secondary N) is 1. The zero-order valence-corrected chi connectivity index (χ0v) is 13.1. The highest BCUT2D eigenvalue weighted by atomic mass is 16.5. The van der Waals surface area contributed by atoms with Gasteiger partial charge in [-0.05, 0) is 46.6 Å². The minimum absolute atomic E-state index is 0.212. The summed E-state index contributed by atoms with van der Waals surface area (Å²) >= 11 is 0. The van der Waals surface area contributed by atoms with Crippen LogP contribution in [0.15, 0.2) is 0 Å². The fourth-order valence-electron chi connectivity index (χ4n) is 2.57. The minimum Gasteiger partial charge on any atom is -0.373 e. The van der Waals surface area contributed by atoms with Crippen LogP contribution in [0.2, 0.25) is 0 Å². The molecule has 3 heteroatoms. The van der Waals surface area contributed by atoms with Crippen LogP contribution in [0.25, 0.3) is 0 Å². The Balaban J connectivity index is 2.37. The van der Waals surface area contributed by atoms with Gasteiger partial charge in [-0.2, -0.15) is 0 Å². The van der Waals surface area contributed by atoms with Crippen LogP contribution in [0.1, 0.15) is 48.0 Å². The van der Waals surface area contributed by atoms with E-state index in [-0.39, 0.29) is 5.54 Å². The summed E-state index contributed by atoms with van der Waals surface area (Å²) < 4.78 is 5.81. The van der Waals surface area contributed by atoms with E-state index >= 15 is 0 Å². The van der Waals surface area contributed by atoms with Crippen molar-refractivity contribution in [1.82, 2.24) is 10.2 Å². The summed E-state index contributed by atoms with van der Waals surface area (Å²) in [5.41, 5.74) is 0.212. The summed E-state index contributed by atoms with van der Waals surface area (Å²) in [6, 6.07) is 0. The summed E-state index contributed by atoms with van der Waals surface area (Å²) in [5.74, 6) is 0.782. The molecule has 18 heavy (non-hydrogen) atoms. The lowest BCUT2D eigenvalue weighted by Gasteiger charge is -2.45. The molecule has 1 aliphatic heterocycles. The molecule has 108 valence electrons. The first kappa shape index (κ1) is 15.9. The van der Waals surface area contributed by atoms with Gasteiger partial charge in [0.05, 0.1) is 12.2 Å². The molecule has 1 rings (SSSR count). The average molecular weight is 256 g/mol. The summed E-state index contributed by atoms with van der Waals surface area (Å²) in [5, 5.41) is 3.60. The summed E-state index contributed by atoms with van der Waals surface area (Å²) in [4.78, 5) is 2.56. The predicted octanol–water partition coefficient (Wildman–Crippen LogP) is 2.51. The van der Waals surface area contributed by atoms with Gasteiger partial charge in [-0.15, -0.1) is 0 Å². The summed E-state index contributed by atoms with van der Waals surface area (Å²) in [7, 11) is 0. The molecule has 0 aromatic heterocycles. The number of hydrogen-bond donors (Lipinski definition) is 1. The van der Waals surface area contributed by atoms with Crippen molar-refractivity contribution in [2.45, 2.75) is 65.7 Å². The highest BCUT2D eigenvalue weighted by Crippen LogP contribution is 2.20. The Labute approximate surface area is 113 Å². The molecule has 2 atom stereocenters. The van der Waals surface area contributed by atoms with E-state index in [9.17, 15) is 0 Å². The van der Waals surface area contributed by atoms with Gasteiger partial charge in [-0.1, -0.05) is 13.8 Å². The lowest BCUT2D eigenvalue weighted by Crippen LogP contribution is -2.58. The van der Waals surface area contributed by atoms with Crippen molar-refractivity contribution in [2.24, 2.45) is 5.92 Å². The Morgan fingerprint density at radius 1 is 1.22 bits per heavy atom. The molecule has 1 fully saturated rings. The standard InChI is InChI=1S/C15H32N2O/c1-12(2)7-8-16-11-15(5,6)17-9-13(3)18-14(4)10-17/h12-14,16H,7-11H2,1-6H3. The first-order valence-electron chi connectivity index (χ1n) is 7.42. The zero-order chi connectivity index (χ0) is 13.8. The zero-order valence-electron chi connectivity index (χ0n) is 13.1. The summed E-state index contributed by atoms with van der Waals surface area (Å²) in [6.45, 7) is 17.8. The molecular formula is C15H32N2O. The highest BCUT2D eigenvalue weighted by Gasteiger charge is 2.32. The SMILES string of the molecule is CC(C)CCNCC(C)(C)N1CC(C)OC(C)C1. The van der Waals surface area contributed by atoms with Crippen molar-refractivity contribution < 1.29 is 4.74 Å². The Hall–Kier alpha value is -0.120. The minimum atomic E-state index is 0.212. The monoisotopic (exact) mass is 256 g/mol. The molecule has 0 radical (unpaired) electrons. The van der Waals surface area contributed by atoms with Crippen LogP contribution in [0.3, 0.4) is 0 Å². The van der Waals surface area contributed by atoms with Gasteiger partial charge in [0.25, 0.3) is 0 Å². The van der Waals surface area contributed by atoms with E-state index in [0.29, 0.717) is 12.2 Å². The number of hydrogen-bond acceptors (Lipinski definition) is 3. The maximum atomic E-state index is 5.81. The van der Waals surface area contributed by atoms with Crippen molar-refractivity contribution in [2.75, 3.05) is 26.2 Å². The molecule has 1 saturated heterocycles. The van der Waals surface area contributed by atoms with Crippen molar-refractivity contribution in [3.05, 3.63) is 0 Å². The van der Waals surface area contributed by atoms with Crippen molar-refractivity contribution in [1.29, 1.82) is 0 Å². The molecule has 0 aromatic carbocycles. The van der Waals surface area contributed by atoms with E-state index < -0.39 is 0 Å². The van der Waals surface area contributed by atoms with Crippen molar-refractivity contribution in [3.63, 3.8) is 0 Å².